The average molecular weight is 850 g/mol. The number of rotatable bonds is 11. The normalized spacial score (nSPS) is 13.0. The molecule has 0 unspecified atom stereocenters. The van der Waals surface area contributed by atoms with Gasteiger partial charge >= 0.3 is 0 Å². The second kappa shape index (κ2) is 16.2. The van der Waals surface area contributed by atoms with Gasteiger partial charge in [0.15, 0.2) is 7.28 Å². The van der Waals surface area contributed by atoms with Gasteiger partial charge in [0.1, 0.15) is 0 Å². The van der Waals surface area contributed by atoms with Gasteiger partial charge in [-0.05, 0) is 136 Å². The van der Waals surface area contributed by atoms with Crippen LogP contribution in [0.15, 0.2) is 200 Å². The van der Waals surface area contributed by atoms with Crippen LogP contribution in [-0.4, -0.2) is 11.8 Å². The Labute approximate surface area is 389 Å². The van der Waals surface area contributed by atoms with Crippen LogP contribution >= 0.6 is 0 Å². The van der Waals surface area contributed by atoms with E-state index in [1.54, 1.807) is 0 Å². The zero-order valence-corrected chi connectivity index (χ0v) is 38.0. The van der Waals surface area contributed by atoms with Gasteiger partial charge in [0.05, 0.1) is 5.52 Å². The molecule has 9 aromatic carbocycles. The van der Waals surface area contributed by atoms with Gasteiger partial charge in [0.2, 0.25) is 0 Å². The molecule has 0 saturated heterocycles. The second-order valence-electron chi connectivity index (χ2n) is 18.8. The molecule has 10 aromatic rings. The molecule has 318 valence electrons. The highest BCUT2D eigenvalue weighted by Crippen LogP contribution is 2.50. The molecule has 0 atom stereocenters. The predicted octanol–water partition coefficient (Wildman–Crippen LogP) is 15.1. The molecule has 1 aliphatic heterocycles. The van der Waals surface area contributed by atoms with Crippen molar-refractivity contribution in [2.45, 2.75) is 51.9 Å². The Bertz CT molecular complexity index is 3400. The summed E-state index contributed by atoms with van der Waals surface area (Å²) in [5.74, 6) is 0. The Morgan fingerprint density at radius 2 is 1.23 bits per heavy atom. The fourth-order valence-corrected chi connectivity index (χ4v) is 11.2. The summed E-state index contributed by atoms with van der Waals surface area (Å²) in [6.45, 7) is 7.07. The summed E-state index contributed by atoms with van der Waals surface area (Å²) in [5.41, 5.74) is 23.6. The summed E-state index contributed by atoms with van der Waals surface area (Å²) >= 11 is 0. The Hall–Kier alpha value is -7.56. The first kappa shape index (κ1) is 40.0. The summed E-state index contributed by atoms with van der Waals surface area (Å²) in [5, 5.41) is 6.56. The van der Waals surface area contributed by atoms with Crippen molar-refractivity contribution < 1.29 is 0 Å². The number of para-hydroxylation sites is 3. The van der Waals surface area contributed by atoms with Crippen molar-refractivity contribution in [2.24, 2.45) is 0 Å². The lowest BCUT2D eigenvalue weighted by atomic mass is 9.58. The highest BCUT2D eigenvalue weighted by Gasteiger charge is 2.38. The maximum atomic E-state index is 3.98. The van der Waals surface area contributed by atoms with Crippen molar-refractivity contribution in [3.63, 3.8) is 0 Å². The molecule has 0 bridgehead atoms. The van der Waals surface area contributed by atoms with Gasteiger partial charge in [-0.2, -0.15) is 0 Å². The van der Waals surface area contributed by atoms with Crippen molar-refractivity contribution in [3.8, 4) is 39.1 Å². The Morgan fingerprint density at radius 1 is 0.545 bits per heavy atom. The van der Waals surface area contributed by atoms with Crippen LogP contribution in [0.5, 0.6) is 0 Å². The van der Waals surface area contributed by atoms with E-state index in [-0.39, 0.29) is 5.41 Å². The molecular formula is C62H52BN3. The van der Waals surface area contributed by atoms with Gasteiger partial charge in [0, 0.05) is 61.4 Å². The molecule has 1 N–H and O–H groups in total. The molecule has 4 heteroatoms. The zero-order valence-electron chi connectivity index (χ0n) is 38.0. The van der Waals surface area contributed by atoms with E-state index in [1.807, 2.05) is 0 Å². The highest BCUT2D eigenvalue weighted by atomic mass is 15.1. The number of nitrogens with zero attached hydrogens (tertiary/aromatic N) is 2. The number of anilines is 5. The lowest BCUT2D eigenvalue weighted by molar-refractivity contribution is 0.661. The molecule has 3 nitrogen and oxygen atoms in total. The number of aromatic nitrogens is 1. The monoisotopic (exact) mass is 849 g/mol. The Kier molecular flexibility index (Phi) is 9.79. The van der Waals surface area contributed by atoms with Gasteiger partial charge in [-0.3, -0.25) is 0 Å². The molecule has 12 rings (SSSR count). The van der Waals surface area contributed by atoms with Crippen LogP contribution in [0.2, 0.25) is 0 Å². The number of nitrogens with one attached hydrogen (secondary N) is 1. The summed E-state index contributed by atoms with van der Waals surface area (Å²) in [7, 11) is 0.809. The minimum absolute atomic E-state index is 0.107. The Balaban J connectivity index is 1.14. The number of fused-ring (bicyclic) bond motifs is 8. The van der Waals surface area contributed by atoms with Crippen LogP contribution in [0.1, 0.15) is 56.7 Å². The van der Waals surface area contributed by atoms with Crippen LogP contribution in [0.3, 0.4) is 0 Å². The lowest BCUT2D eigenvalue weighted by Gasteiger charge is -2.29. The van der Waals surface area contributed by atoms with E-state index in [1.165, 1.54) is 108 Å². The number of benzene rings is 9. The van der Waals surface area contributed by atoms with Gasteiger partial charge in [-0.25, -0.2) is 0 Å². The van der Waals surface area contributed by atoms with E-state index in [2.05, 4.69) is 236 Å². The van der Waals surface area contributed by atoms with Crippen molar-refractivity contribution in [2.75, 3.05) is 10.2 Å². The number of hydrogen-bond acceptors (Lipinski definition) is 2. The van der Waals surface area contributed by atoms with Gasteiger partial charge < -0.3 is 14.8 Å². The van der Waals surface area contributed by atoms with E-state index in [0.29, 0.717) is 0 Å². The smallest absolute Gasteiger partial charge is 0.198 e. The third-order valence-electron chi connectivity index (χ3n) is 14.4. The summed E-state index contributed by atoms with van der Waals surface area (Å²) in [4.78, 5) is 2.38. The third kappa shape index (κ3) is 6.58. The van der Waals surface area contributed by atoms with Crippen molar-refractivity contribution >= 4 is 68.4 Å². The van der Waals surface area contributed by atoms with Gasteiger partial charge in [-0.15, -0.1) is 0 Å². The quantitative estimate of drug-likeness (QED) is 0.103. The topological polar surface area (TPSA) is 20.2 Å². The van der Waals surface area contributed by atoms with E-state index in [9.17, 15) is 0 Å². The van der Waals surface area contributed by atoms with Gasteiger partial charge in [0.25, 0.3) is 0 Å². The fourth-order valence-electron chi connectivity index (χ4n) is 11.2. The molecular weight excluding hydrogens is 798 g/mol. The van der Waals surface area contributed by atoms with Crippen molar-refractivity contribution in [1.82, 2.24) is 4.57 Å². The highest BCUT2D eigenvalue weighted by molar-refractivity contribution is 6.73. The predicted molar refractivity (Wildman–Crippen MR) is 283 cm³/mol. The fraction of sp³-hybridized carbons (Fsp3) is 0.129. The molecule has 1 aliphatic carbocycles. The second-order valence-corrected chi connectivity index (χ2v) is 18.8. The molecule has 2 heterocycles. The average Bonchev–Trinajstić information content (AvgIpc) is 3.82. The van der Waals surface area contributed by atoms with Crippen LogP contribution in [-0.2, 0) is 11.8 Å². The molecule has 0 fully saturated rings. The van der Waals surface area contributed by atoms with E-state index >= 15 is 0 Å². The van der Waals surface area contributed by atoms with Crippen molar-refractivity contribution in [1.29, 1.82) is 0 Å². The van der Waals surface area contributed by atoms with E-state index < -0.39 is 0 Å². The van der Waals surface area contributed by atoms with Crippen LogP contribution < -0.4 is 21.1 Å². The lowest BCUT2D eigenvalue weighted by Crippen LogP contribution is -2.38. The largest absolute Gasteiger partial charge is 0.355 e. The SMILES string of the molecule is CCCCCc1ccc(Nc2ccc(N(c3ccccc3)c3ccccc3)cc2-c2cc(-c3ccccc3)c3c4ccccc4n4c3c2Bc2cc3c(cc2-4)-c2ccccc2C3(C)C)cc1. The van der Waals surface area contributed by atoms with Crippen LogP contribution in [0, 0.1) is 0 Å². The van der Waals surface area contributed by atoms with Crippen molar-refractivity contribution in [3.05, 3.63) is 217 Å². The first-order valence-corrected chi connectivity index (χ1v) is 23.8. The molecule has 2 aliphatic rings. The first-order chi connectivity index (χ1) is 32.5. The van der Waals surface area contributed by atoms with E-state index in [4.69, 9.17) is 0 Å². The number of hydrogen-bond donors (Lipinski definition) is 1. The molecule has 0 radical (unpaired) electrons. The minimum Gasteiger partial charge on any atom is -0.355 e. The molecule has 0 amide bonds. The van der Waals surface area contributed by atoms with Crippen LogP contribution in [0.4, 0.5) is 28.4 Å². The minimum atomic E-state index is -0.107. The third-order valence-corrected chi connectivity index (χ3v) is 14.4. The summed E-state index contributed by atoms with van der Waals surface area (Å²) in [6.07, 6.45) is 4.81. The molecule has 1 aromatic heterocycles. The zero-order chi connectivity index (χ0) is 44.4. The molecule has 0 saturated carbocycles. The number of aryl methyl sites for hydroxylation is 1. The summed E-state index contributed by atoms with van der Waals surface area (Å²) < 4.78 is 2.61. The Morgan fingerprint density at radius 3 is 1.97 bits per heavy atom. The van der Waals surface area contributed by atoms with Gasteiger partial charge in [-0.1, -0.05) is 166 Å². The molecule has 66 heavy (non-hydrogen) atoms. The maximum Gasteiger partial charge on any atom is 0.198 e. The standard InChI is InChI=1S/C62H52BN3/c1-4-5-9-20-41-31-33-43(34-32-41)64-56-36-35-46(65(44-23-12-7-13-24-44)45-25-14-8-15-26-45)37-51(56)52-38-49(42-21-10-6-11-22-42)59-48-28-17-19-30-57(48)66-58-39-50-47-27-16-18-29-53(47)62(2,3)54(50)40-55(58)63-60(52)61(59)66/h6-8,10-19,21-40,63-64H,4-5,9,20H2,1-3H3. The number of unbranched alkanes of at least 4 members (excludes halogenated alkanes) is 2. The maximum absolute atomic E-state index is 3.98. The van der Waals surface area contributed by atoms with Crippen LogP contribution in [0.25, 0.3) is 60.9 Å². The van der Waals surface area contributed by atoms with E-state index in [0.717, 1.165) is 42.1 Å². The first-order valence-electron chi connectivity index (χ1n) is 23.8. The molecule has 0 spiro atoms. The summed E-state index contributed by atoms with van der Waals surface area (Å²) in [6, 6.07) is 74.4.